The Morgan fingerprint density at radius 3 is 2.42 bits per heavy atom. The van der Waals surface area contributed by atoms with Crippen LogP contribution in [0.2, 0.25) is 0 Å². The van der Waals surface area contributed by atoms with Gasteiger partial charge in [0.2, 0.25) is 0 Å². The topological polar surface area (TPSA) is 111 Å². The molecule has 3 aromatic rings. The molecule has 0 saturated carbocycles. The van der Waals surface area contributed by atoms with Crippen molar-refractivity contribution < 1.29 is 9.85 Å². The maximum atomic E-state index is 11.1. The molecule has 0 unspecified atom stereocenters. The zero-order chi connectivity index (χ0) is 18.7. The molecular weight excluding hydrogens is 404 g/mol. The first-order valence-electron chi connectivity index (χ1n) is 7.36. The number of hydrazone groups is 1. The van der Waals surface area contributed by atoms with Crippen LogP contribution in [0.15, 0.2) is 64.2 Å². The highest BCUT2D eigenvalue weighted by molar-refractivity contribution is 9.10. The van der Waals surface area contributed by atoms with Gasteiger partial charge >= 0.3 is 5.69 Å². The Bertz CT molecular complexity index is 1050. The third-order valence-electron chi connectivity index (χ3n) is 3.68. The molecule has 0 fully saturated rings. The van der Waals surface area contributed by atoms with Crippen molar-refractivity contribution in [3.63, 3.8) is 0 Å². The molecule has 0 atom stereocenters. The molecule has 8 nitrogen and oxygen atoms in total. The highest BCUT2D eigenvalue weighted by Gasteiger charge is 2.19. The van der Waals surface area contributed by atoms with Crippen molar-refractivity contribution in [2.24, 2.45) is 5.10 Å². The van der Waals surface area contributed by atoms with E-state index < -0.39 is 15.5 Å². The molecule has 0 amide bonds. The number of benzene rings is 3. The van der Waals surface area contributed by atoms with E-state index in [4.69, 9.17) is 0 Å². The number of nitro groups is 2. The van der Waals surface area contributed by atoms with Gasteiger partial charge in [-0.2, -0.15) is 5.10 Å². The molecule has 130 valence electrons. The van der Waals surface area contributed by atoms with Crippen LogP contribution in [0.25, 0.3) is 10.8 Å². The molecule has 9 heteroatoms. The first kappa shape index (κ1) is 17.5. The summed E-state index contributed by atoms with van der Waals surface area (Å²) >= 11 is 3.49. The van der Waals surface area contributed by atoms with Crippen molar-refractivity contribution in [1.29, 1.82) is 0 Å². The van der Waals surface area contributed by atoms with E-state index in [1.54, 1.807) is 6.21 Å². The Balaban J connectivity index is 1.91. The lowest BCUT2D eigenvalue weighted by molar-refractivity contribution is -0.393. The number of non-ortho nitro benzene ring substituents is 1. The standard InChI is InChI=1S/C17H11BrN4O4/c18-15-6-2-4-13-11(3-1-5-14(13)15)10-19-20-16-8-7-12(21(23)24)9-17(16)22(25)26/h1-10,20H/b19-10+. The van der Waals surface area contributed by atoms with Gasteiger partial charge in [0.15, 0.2) is 0 Å². The molecule has 0 aliphatic carbocycles. The lowest BCUT2D eigenvalue weighted by atomic mass is 10.1. The number of fused-ring (bicyclic) bond motifs is 1. The van der Waals surface area contributed by atoms with Gasteiger partial charge in [-0.1, -0.05) is 46.3 Å². The van der Waals surface area contributed by atoms with Gasteiger partial charge in [-0.15, -0.1) is 0 Å². The van der Waals surface area contributed by atoms with E-state index in [1.807, 2.05) is 36.4 Å². The molecule has 0 spiro atoms. The predicted molar refractivity (Wildman–Crippen MR) is 103 cm³/mol. The minimum atomic E-state index is -0.695. The van der Waals surface area contributed by atoms with E-state index in [9.17, 15) is 20.2 Å². The van der Waals surface area contributed by atoms with Crippen molar-refractivity contribution in [2.75, 3.05) is 5.43 Å². The fourth-order valence-electron chi connectivity index (χ4n) is 2.46. The van der Waals surface area contributed by atoms with Crippen LogP contribution in [0.4, 0.5) is 17.1 Å². The second-order valence-electron chi connectivity index (χ2n) is 5.27. The maximum absolute atomic E-state index is 11.1. The highest BCUT2D eigenvalue weighted by atomic mass is 79.9. The van der Waals surface area contributed by atoms with Gasteiger partial charge in [0.05, 0.1) is 22.1 Å². The summed E-state index contributed by atoms with van der Waals surface area (Å²) in [5, 5.41) is 27.9. The van der Waals surface area contributed by atoms with E-state index in [0.717, 1.165) is 26.9 Å². The predicted octanol–water partition coefficient (Wildman–Crippen LogP) is 4.86. The van der Waals surface area contributed by atoms with Crippen LogP contribution in [0.1, 0.15) is 5.56 Å². The molecule has 26 heavy (non-hydrogen) atoms. The molecule has 0 aliphatic heterocycles. The van der Waals surface area contributed by atoms with E-state index >= 15 is 0 Å². The van der Waals surface area contributed by atoms with Gasteiger partial charge in [-0.3, -0.25) is 25.7 Å². The first-order chi connectivity index (χ1) is 12.5. The number of halogens is 1. The summed E-state index contributed by atoms with van der Waals surface area (Å²) in [4.78, 5) is 20.5. The SMILES string of the molecule is O=[N+]([O-])c1ccc(N/N=C/c2cccc3c(Br)cccc23)c([N+](=O)[O-])c1. The number of nitrogens with one attached hydrogen (secondary N) is 1. The summed E-state index contributed by atoms with van der Waals surface area (Å²) in [5.74, 6) is 0. The number of anilines is 1. The van der Waals surface area contributed by atoms with Crippen LogP contribution in [-0.2, 0) is 0 Å². The number of nitro benzene ring substituents is 2. The fourth-order valence-corrected chi connectivity index (χ4v) is 2.96. The minimum absolute atomic E-state index is 0.0678. The average molecular weight is 415 g/mol. The molecule has 1 N–H and O–H groups in total. The van der Waals surface area contributed by atoms with Crippen LogP contribution in [-0.4, -0.2) is 16.1 Å². The van der Waals surface area contributed by atoms with E-state index in [-0.39, 0.29) is 11.4 Å². The van der Waals surface area contributed by atoms with Crippen LogP contribution in [0, 0.1) is 20.2 Å². The van der Waals surface area contributed by atoms with Crippen molar-refractivity contribution in [2.45, 2.75) is 0 Å². The Hall–Kier alpha value is -3.33. The van der Waals surface area contributed by atoms with Crippen molar-refractivity contribution >= 4 is 50.0 Å². The molecule has 0 bridgehead atoms. The van der Waals surface area contributed by atoms with Gasteiger partial charge in [0, 0.05) is 16.1 Å². The van der Waals surface area contributed by atoms with Crippen LogP contribution < -0.4 is 5.43 Å². The van der Waals surface area contributed by atoms with Crippen molar-refractivity contribution in [3.05, 3.63) is 84.9 Å². The number of nitrogens with zero attached hydrogens (tertiary/aromatic N) is 3. The van der Waals surface area contributed by atoms with E-state index in [2.05, 4.69) is 26.5 Å². The zero-order valence-electron chi connectivity index (χ0n) is 13.1. The molecule has 0 aliphatic rings. The Morgan fingerprint density at radius 1 is 0.962 bits per heavy atom. The third-order valence-corrected chi connectivity index (χ3v) is 4.37. The maximum Gasteiger partial charge on any atom is 0.301 e. The Morgan fingerprint density at radius 2 is 1.69 bits per heavy atom. The van der Waals surface area contributed by atoms with Crippen LogP contribution in [0.5, 0.6) is 0 Å². The number of rotatable bonds is 5. The van der Waals surface area contributed by atoms with Gasteiger partial charge in [-0.25, -0.2) is 0 Å². The Labute approximate surface area is 155 Å². The normalized spacial score (nSPS) is 11.0. The van der Waals surface area contributed by atoms with Gasteiger partial charge in [0.25, 0.3) is 5.69 Å². The average Bonchev–Trinajstić information content (AvgIpc) is 2.62. The lowest BCUT2D eigenvalue weighted by Crippen LogP contribution is -1.99. The van der Waals surface area contributed by atoms with Crippen molar-refractivity contribution in [3.8, 4) is 0 Å². The zero-order valence-corrected chi connectivity index (χ0v) is 14.7. The lowest BCUT2D eigenvalue weighted by Gasteiger charge is -2.05. The molecular formula is C17H11BrN4O4. The number of hydrogen-bond donors (Lipinski definition) is 1. The fraction of sp³-hybridized carbons (Fsp3) is 0. The highest BCUT2D eigenvalue weighted by Crippen LogP contribution is 2.29. The van der Waals surface area contributed by atoms with E-state index in [1.165, 1.54) is 12.1 Å². The number of hydrogen-bond acceptors (Lipinski definition) is 6. The van der Waals surface area contributed by atoms with E-state index in [0.29, 0.717) is 0 Å². The van der Waals surface area contributed by atoms with Crippen molar-refractivity contribution in [1.82, 2.24) is 0 Å². The summed E-state index contributed by atoms with van der Waals surface area (Å²) < 4.78 is 0.948. The third kappa shape index (κ3) is 3.52. The summed E-state index contributed by atoms with van der Waals surface area (Å²) in [6.07, 6.45) is 1.54. The van der Waals surface area contributed by atoms with Gasteiger partial charge in [-0.05, 0) is 22.9 Å². The molecule has 0 aromatic heterocycles. The smallest absolute Gasteiger partial charge is 0.272 e. The molecule has 3 rings (SSSR count). The summed E-state index contributed by atoms with van der Waals surface area (Å²) in [6, 6.07) is 14.8. The second kappa shape index (κ2) is 7.28. The first-order valence-corrected chi connectivity index (χ1v) is 8.16. The second-order valence-corrected chi connectivity index (χ2v) is 6.12. The van der Waals surface area contributed by atoms with Gasteiger partial charge in [0.1, 0.15) is 5.69 Å². The van der Waals surface area contributed by atoms with Gasteiger partial charge < -0.3 is 0 Å². The largest absolute Gasteiger partial charge is 0.301 e. The molecule has 0 heterocycles. The minimum Gasteiger partial charge on any atom is -0.272 e. The summed E-state index contributed by atoms with van der Waals surface area (Å²) in [7, 11) is 0. The Kier molecular flexibility index (Phi) is 4.90. The summed E-state index contributed by atoms with van der Waals surface area (Å²) in [6.45, 7) is 0. The summed E-state index contributed by atoms with van der Waals surface area (Å²) in [5.41, 5.74) is 2.69. The van der Waals surface area contributed by atoms with Crippen LogP contribution in [0.3, 0.4) is 0 Å². The van der Waals surface area contributed by atoms with Crippen LogP contribution >= 0.6 is 15.9 Å². The quantitative estimate of drug-likeness (QED) is 0.363. The molecule has 3 aromatic carbocycles. The molecule has 0 saturated heterocycles. The monoisotopic (exact) mass is 414 g/mol. The molecule has 0 radical (unpaired) electrons.